The lowest BCUT2D eigenvalue weighted by Gasteiger charge is -2.00. The topological polar surface area (TPSA) is 80.9 Å². The summed E-state index contributed by atoms with van der Waals surface area (Å²) in [5.74, 6) is -0.652. The van der Waals surface area contributed by atoms with E-state index in [1.807, 2.05) is 7.05 Å². The fourth-order valence-corrected chi connectivity index (χ4v) is 1.20. The molecule has 0 amide bonds. The summed E-state index contributed by atoms with van der Waals surface area (Å²) in [4.78, 5) is 22.0. The molecule has 0 aromatic carbocycles. The van der Waals surface area contributed by atoms with Crippen LogP contribution >= 0.6 is 0 Å². The predicted octanol–water partition coefficient (Wildman–Crippen LogP) is 0.575. The zero-order valence-corrected chi connectivity index (χ0v) is 7.95. The highest BCUT2D eigenvalue weighted by Gasteiger charge is 2.08. The van der Waals surface area contributed by atoms with Crippen LogP contribution in [0.5, 0.6) is 0 Å². The zero-order valence-electron chi connectivity index (χ0n) is 7.95. The van der Waals surface area contributed by atoms with Gasteiger partial charge in [0.2, 0.25) is 5.82 Å². The maximum Gasteiger partial charge on any atom is 0.373 e. The first kappa shape index (κ1) is 9.32. The largest absolute Gasteiger partial charge is 0.475 e. The van der Waals surface area contributed by atoms with Crippen LogP contribution in [0.2, 0.25) is 0 Å². The van der Waals surface area contributed by atoms with Crippen LogP contribution in [0.4, 0.5) is 0 Å². The van der Waals surface area contributed by atoms with Gasteiger partial charge in [-0.3, -0.25) is 0 Å². The summed E-state index contributed by atoms with van der Waals surface area (Å²) < 4.78 is 1.80. The molecule has 0 aliphatic carbocycles. The summed E-state index contributed by atoms with van der Waals surface area (Å²) in [6.45, 7) is 0. The Kier molecular flexibility index (Phi) is 2.17. The smallest absolute Gasteiger partial charge is 0.373 e. The van der Waals surface area contributed by atoms with E-state index in [0.29, 0.717) is 11.4 Å². The molecule has 0 radical (unpaired) electrons. The molecule has 6 heteroatoms. The maximum absolute atomic E-state index is 10.5. The highest BCUT2D eigenvalue weighted by atomic mass is 16.4. The normalized spacial score (nSPS) is 10.2. The average Bonchev–Trinajstić information content (AvgIpc) is 2.65. The van der Waals surface area contributed by atoms with E-state index in [1.54, 1.807) is 17.0 Å². The molecule has 15 heavy (non-hydrogen) atoms. The zero-order chi connectivity index (χ0) is 10.8. The summed E-state index contributed by atoms with van der Waals surface area (Å²) >= 11 is 0. The van der Waals surface area contributed by atoms with Gasteiger partial charge in [0.05, 0.1) is 5.56 Å². The number of aromatic carboxylic acids is 1. The fourth-order valence-electron chi connectivity index (χ4n) is 1.20. The van der Waals surface area contributed by atoms with Crippen LogP contribution in [0.1, 0.15) is 10.6 Å². The third-order valence-electron chi connectivity index (χ3n) is 1.92. The van der Waals surface area contributed by atoms with Gasteiger partial charge in [-0.15, -0.1) is 0 Å². The van der Waals surface area contributed by atoms with Gasteiger partial charge < -0.3 is 9.67 Å². The molecule has 0 saturated carbocycles. The minimum absolute atomic E-state index is 0.215. The van der Waals surface area contributed by atoms with Crippen molar-refractivity contribution in [2.24, 2.45) is 7.05 Å². The van der Waals surface area contributed by atoms with E-state index < -0.39 is 5.97 Å². The molecule has 2 aromatic heterocycles. The lowest BCUT2D eigenvalue weighted by Crippen LogP contribution is -2.04. The van der Waals surface area contributed by atoms with E-state index in [9.17, 15) is 4.79 Å². The van der Waals surface area contributed by atoms with E-state index in [-0.39, 0.29) is 5.82 Å². The summed E-state index contributed by atoms with van der Waals surface area (Å²) in [7, 11) is 1.84. The van der Waals surface area contributed by atoms with E-state index in [4.69, 9.17) is 5.11 Å². The Balaban J connectivity index is 2.40. The number of rotatable bonds is 2. The van der Waals surface area contributed by atoms with Crippen LogP contribution < -0.4 is 0 Å². The van der Waals surface area contributed by atoms with Crippen molar-refractivity contribution in [2.75, 3.05) is 0 Å². The Hall–Kier alpha value is -2.24. The van der Waals surface area contributed by atoms with E-state index >= 15 is 0 Å². The first-order valence-electron chi connectivity index (χ1n) is 4.21. The lowest BCUT2D eigenvalue weighted by molar-refractivity contribution is 0.0683. The van der Waals surface area contributed by atoms with Gasteiger partial charge in [0.1, 0.15) is 5.82 Å². The monoisotopic (exact) mass is 204 g/mol. The SMILES string of the molecule is Cn1ccnc1-c1cnc(C(=O)O)nc1. The molecule has 0 spiro atoms. The van der Waals surface area contributed by atoms with Crippen LogP contribution in [0.25, 0.3) is 11.4 Å². The molecule has 0 aliphatic rings. The van der Waals surface area contributed by atoms with Crippen LogP contribution in [0.15, 0.2) is 24.8 Å². The second kappa shape index (κ2) is 3.49. The van der Waals surface area contributed by atoms with Gasteiger partial charge in [-0.1, -0.05) is 0 Å². The van der Waals surface area contributed by atoms with E-state index in [2.05, 4.69) is 15.0 Å². The highest BCUT2D eigenvalue weighted by Crippen LogP contribution is 2.13. The van der Waals surface area contributed by atoms with Crippen molar-refractivity contribution >= 4 is 5.97 Å². The van der Waals surface area contributed by atoms with Crippen LogP contribution in [-0.2, 0) is 7.05 Å². The number of hydrogen-bond donors (Lipinski definition) is 1. The Bertz CT molecular complexity index is 489. The summed E-state index contributed by atoms with van der Waals surface area (Å²) in [5.41, 5.74) is 0.688. The first-order chi connectivity index (χ1) is 7.18. The molecule has 0 bridgehead atoms. The number of carbonyl (C=O) groups is 1. The molecule has 1 N–H and O–H groups in total. The number of carboxylic acids is 1. The molecule has 76 valence electrons. The van der Waals surface area contributed by atoms with Gasteiger partial charge in [-0.2, -0.15) is 0 Å². The molecular weight excluding hydrogens is 196 g/mol. The van der Waals surface area contributed by atoms with Crippen molar-refractivity contribution in [3.05, 3.63) is 30.6 Å². The third kappa shape index (κ3) is 1.69. The first-order valence-corrected chi connectivity index (χ1v) is 4.21. The molecule has 2 rings (SSSR count). The summed E-state index contributed by atoms with van der Waals surface area (Å²) in [6.07, 6.45) is 6.33. The molecule has 0 aliphatic heterocycles. The van der Waals surface area contributed by atoms with Gasteiger partial charge in [-0.05, 0) is 0 Å². The molecule has 0 unspecified atom stereocenters. The minimum Gasteiger partial charge on any atom is -0.475 e. The fraction of sp³-hybridized carbons (Fsp3) is 0.111. The maximum atomic E-state index is 10.5. The van der Waals surface area contributed by atoms with Crippen molar-refractivity contribution in [2.45, 2.75) is 0 Å². The van der Waals surface area contributed by atoms with Crippen molar-refractivity contribution in [1.82, 2.24) is 19.5 Å². The van der Waals surface area contributed by atoms with Crippen molar-refractivity contribution < 1.29 is 9.90 Å². The van der Waals surface area contributed by atoms with Crippen LogP contribution in [0, 0.1) is 0 Å². The number of imidazole rings is 1. The Morgan fingerprint density at radius 1 is 1.33 bits per heavy atom. The quantitative estimate of drug-likeness (QED) is 0.773. The Morgan fingerprint density at radius 2 is 2.00 bits per heavy atom. The average molecular weight is 204 g/mol. The number of aromatic nitrogens is 4. The Labute approximate surface area is 85.3 Å². The number of aryl methyl sites for hydroxylation is 1. The lowest BCUT2D eigenvalue weighted by atomic mass is 10.3. The van der Waals surface area contributed by atoms with Crippen molar-refractivity contribution in [3.8, 4) is 11.4 Å². The van der Waals surface area contributed by atoms with Gasteiger partial charge in [0, 0.05) is 31.8 Å². The van der Waals surface area contributed by atoms with Gasteiger partial charge in [0.25, 0.3) is 0 Å². The standard InChI is InChI=1S/C9H8N4O2/c1-13-3-2-10-8(13)6-4-11-7(9(14)15)12-5-6/h2-5H,1H3,(H,14,15). The molecule has 2 heterocycles. The number of nitrogens with zero attached hydrogens (tertiary/aromatic N) is 4. The van der Waals surface area contributed by atoms with Crippen LogP contribution in [0.3, 0.4) is 0 Å². The molecule has 0 fully saturated rings. The Morgan fingerprint density at radius 3 is 2.47 bits per heavy atom. The minimum atomic E-state index is -1.14. The molecule has 2 aromatic rings. The molecule has 6 nitrogen and oxygen atoms in total. The van der Waals surface area contributed by atoms with Crippen LogP contribution in [-0.4, -0.2) is 30.6 Å². The molecule has 0 saturated heterocycles. The van der Waals surface area contributed by atoms with E-state index in [1.165, 1.54) is 12.4 Å². The summed E-state index contributed by atoms with van der Waals surface area (Å²) in [5, 5.41) is 8.62. The van der Waals surface area contributed by atoms with Gasteiger partial charge >= 0.3 is 5.97 Å². The summed E-state index contributed by atoms with van der Waals surface area (Å²) in [6, 6.07) is 0. The predicted molar refractivity (Wildman–Crippen MR) is 51.2 cm³/mol. The molecular formula is C9H8N4O2. The molecule has 0 atom stereocenters. The van der Waals surface area contributed by atoms with Crippen molar-refractivity contribution in [1.29, 1.82) is 0 Å². The third-order valence-corrected chi connectivity index (χ3v) is 1.92. The number of carboxylic acid groups (broad SMARTS) is 1. The highest BCUT2D eigenvalue weighted by molar-refractivity contribution is 5.83. The van der Waals surface area contributed by atoms with E-state index in [0.717, 1.165) is 0 Å². The second-order valence-corrected chi connectivity index (χ2v) is 2.96. The second-order valence-electron chi connectivity index (χ2n) is 2.96. The number of hydrogen-bond acceptors (Lipinski definition) is 4. The van der Waals surface area contributed by atoms with Crippen molar-refractivity contribution in [3.63, 3.8) is 0 Å². The van der Waals surface area contributed by atoms with Gasteiger partial charge in [0.15, 0.2) is 0 Å². The van der Waals surface area contributed by atoms with Gasteiger partial charge in [-0.25, -0.2) is 19.7 Å².